The summed E-state index contributed by atoms with van der Waals surface area (Å²) in [5, 5.41) is 0. The Balaban J connectivity index is 3.37. The van der Waals surface area contributed by atoms with Crippen molar-refractivity contribution in [1.29, 1.82) is 0 Å². The third-order valence-corrected chi connectivity index (χ3v) is 1.11. The quantitative estimate of drug-likeness (QED) is 0.517. The topological polar surface area (TPSA) is 43.4 Å². The van der Waals surface area contributed by atoms with E-state index in [2.05, 4.69) is 4.74 Å². The molecule has 0 radical (unpaired) electrons. The van der Waals surface area contributed by atoms with E-state index in [1.165, 1.54) is 6.92 Å². The first-order valence-corrected chi connectivity index (χ1v) is 2.74. The minimum absolute atomic E-state index is 0.0388. The van der Waals surface area contributed by atoms with Gasteiger partial charge >= 0.3 is 0 Å². The lowest BCUT2D eigenvalue weighted by Gasteiger charge is -2.02. The lowest BCUT2D eigenvalue weighted by molar-refractivity contribution is -0.132. The Hall–Kier alpha value is -0.860. The SMILES string of the molecule is CC(=O)C(C)COC=O. The summed E-state index contributed by atoms with van der Waals surface area (Å²) in [4.78, 5) is 20.1. The van der Waals surface area contributed by atoms with E-state index in [9.17, 15) is 9.59 Å². The average molecular weight is 130 g/mol. The number of hydrogen-bond acceptors (Lipinski definition) is 3. The number of hydrogen-bond donors (Lipinski definition) is 0. The molecule has 0 fully saturated rings. The fourth-order valence-electron chi connectivity index (χ4n) is 0.301. The van der Waals surface area contributed by atoms with Gasteiger partial charge in [0.1, 0.15) is 12.4 Å². The fourth-order valence-corrected chi connectivity index (χ4v) is 0.301. The summed E-state index contributed by atoms with van der Waals surface area (Å²) in [5.41, 5.74) is 0. The van der Waals surface area contributed by atoms with Crippen LogP contribution in [0.5, 0.6) is 0 Å². The molecule has 1 unspecified atom stereocenters. The van der Waals surface area contributed by atoms with Gasteiger partial charge in [-0.1, -0.05) is 6.92 Å². The van der Waals surface area contributed by atoms with Crippen LogP contribution in [-0.2, 0) is 14.3 Å². The van der Waals surface area contributed by atoms with Crippen molar-refractivity contribution in [3.63, 3.8) is 0 Å². The van der Waals surface area contributed by atoms with Crippen molar-refractivity contribution in [3.05, 3.63) is 0 Å². The van der Waals surface area contributed by atoms with Gasteiger partial charge in [0.2, 0.25) is 0 Å². The smallest absolute Gasteiger partial charge is 0.293 e. The van der Waals surface area contributed by atoms with Crippen LogP contribution in [0.25, 0.3) is 0 Å². The highest BCUT2D eigenvalue weighted by Gasteiger charge is 2.06. The molecule has 0 heterocycles. The van der Waals surface area contributed by atoms with Crippen LogP contribution in [0, 0.1) is 5.92 Å². The second-order valence-corrected chi connectivity index (χ2v) is 1.94. The number of ketones is 1. The first-order chi connectivity index (χ1) is 4.18. The summed E-state index contributed by atoms with van der Waals surface area (Å²) in [5.74, 6) is -0.132. The van der Waals surface area contributed by atoms with E-state index in [0.717, 1.165) is 0 Å². The first-order valence-electron chi connectivity index (χ1n) is 2.74. The van der Waals surface area contributed by atoms with E-state index in [0.29, 0.717) is 6.47 Å². The first kappa shape index (κ1) is 8.14. The second-order valence-electron chi connectivity index (χ2n) is 1.94. The molecule has 0 saturated heterocycles. The van der Waals surface area contributed by atoms with Gasteiger partial charge in [0, 0.05) is 5.92 Å². The molecule has 9 heavy (non-hydrogen) atoms. The van der Waals surface area contributed by atoms with Gasteiger partial charge in [-0.2, -0.15) is 0 Å². The van der Waals surface area contributed by atoms with Gasteiger partial charge in [0.15, 0.2) is 0 Å². The Labute approximate surface area is 54.0 Å². The predicted molar refractivity (Wildman–Crippen MR) is 31.9 cm³/mol. The summed E-state index contributed by atoms with van der Waals surface area (Å²) in [7, 11) is 0. The largest absolute Gasteiger partial charge is 0.467 e. The minimum atomic E-state index is -0.171. The molecule has 0 aliphatic rings. The highest BCUT2D eigenvalue weighted by Crippen LogP contribution is 1.94. The summed E-state index contributed by atoms with van der Waals surface area (Å²) in [6, 6.07) is 0. The molecule has 0 spiro atoms. The zero-order chi connectivity index (χ0) is 7.28. The number of ether oxygens (including phenoxy) is 1. The van der Waals surface area contributed by atoms with Crippen molar-refractivity contribution in [2.45, 2.75) is 13.8 Å². The van der Waals surface area contributed by atoms with Crippen molar-refractivity contribution < 1.29 is 14.3 Å². The number of rotatable bonds is 4. The molecule has 0 aromatic rings. The van der Waals surface area contributed by atoms with Crippen LogP contribution >= 0.6 is 0 Å². The van der Waals surface area contributed by atoms with Crippen LogP contribution < -0.4 is 0 Å². The minimum Gasteiger partial charge on any atom is -0.467 e. The maximum atomic E-state index is 10.5. The lowest BCUT2D eigenvalue weighted by Crippen LogP contribution is -2.12. The molecule has 0 bridgehead atoms. The van der Waals surface area contributed by atoms with Crippen LogP contribution in [0.2, 0.25) is 0 Å². The molecule has 1 atom stereocenters. The van der Waals surface area contributed by atoms with Gasteiger partial charge in [0.05, 0.1) is 0 Å². The van der Waals surface area contributed by atoms with Crippen LogP contribution in [0.1, 0.15) is 13.8 Å². The van der Waals surface area contributed by atoms with E-state index >= 15 is 0 Å². The van der Waals surface area contributed by atoms with Gasteiger partial charge in [-0.3, -0.25) is 9.59 Å². The maximum Gasteiger partial charge on any atom is 0.293 e. The van der Waals surface area contributed by atoms with Crippen LogP contribution in [0.3, 0.4) is 0 Å². The van der Waals surface area contributed by atoms with E-state index in [4.69, 9.17) is 0 Å². The standard InChI is InChI=1S/C6H10O3/c1-5(6(2)8)3-9-4-7/h4-5H,3H2,1-2H3. The van der Waals surface area contributed by atoms with Crippen molar-refractivity contribution in [2.24, 2.45) is 5.92 Å². The Morgan fingerprint density at radius 2 is 2.33 bits per heavy atom. The molecule has 0 aliphatic heterocycles. The van der Waals surface area contributed by atoms with E-state index < -0.39 is 0 Å². The van der Waals surface area contributed by atoms with Crippen molar-refractivity contribution in [3.8, 4) is 0 Å². The Morgan fingerprint density at radius 1 is 1.78 bits per heavy atom. The molecule has 0 aliphatic carbocycles. The van der Waals surface area contributed by atoms with Gasteiger partial charge in [-0.15, -0.1) is 0 Å². The molecule has 3 heteroatoms. The number of carbonyl (C=O) groups excluding carboxylic acids is 2. The third-order valence-electron chi connectivity index (χ3n) is 1.11. The molecule has 0 aromatic carbocycles. The summed E-state index contributed by atoms with van der Waals surface area (Å²) in [6.45, 7) is 3.73. The highest BCUT2D eigenvalue weighted by atomic mass is 16.5. The van der Waals surface area contributed by atoms with Crippen molar-refractivity contribution >= 4 is 12.3 Å². The summed E-state index contributed by atoms with van der Waals surface area (Å²) in [6.07, 6.45) is 0. The van der Waals surface area contributed by atoms with Crippen molar-refractivity contribution in [2.75, 3.05) is 6.61 Å². The molecule has 0 rings (SSSR count). The van der Waals surface area contributed by atoms with E-state index in [1.54, 1.807) is 6.92 Å². The molecule has 52 valence electrons. The fraction of sp³-hybridized carbons (Fsp3) is 0.667. The van der Waals surface area contributed by atoms with E-state index in [-0.39, 0.29) is 18.3 Å². The lowest BCUT2D eigenvalue weighted by atomic mass is 10.1. The molecule has 0 saturated carbocycles. The molecule has 0 amide bonds. The average Bonchev–Trinajstić information content (AvgIpc) is 1.82. The Morgan fingerprint density at radius 3 is 2.67 bits per heavy atom. The second kappa shape index (κ2) is 4.06. The van der Waals surface area contributed by atoms with Crippen LogP contribution in [-0.4, -0.2) is 18.9 Å². The normalized spacial score (nSPS) is 12.2. The van der Waals surface area contributed by atoms with Gasteiger partial charge in [0.25, 0.3) is 6.47 Å². The number of carbonyl (C=O) groups is 2. The Bertz CT molecular complexity index is 109. The zero-order valence-corrected chi connectivity index (χ0v) is 5.59. The van der Waals surface area contributed by atoms with Crippen LogP contribution in [0.15, 0.2) is 0 Å². The molecule has 3 nitrogen and oxygen atoms in total. The summed E-state index contributed by atoms with van der Waals surface area (Å²) >= 11 is 0. The predicted octanol–water partition coefficient (Wildman–Crippen LogP) is 0.385. The summed E-state index contributed by atoms with van der Waals surface area (Å²) < 4.78 is 4.36. The maximum absolute atomic E-state index is 10.5. The van der Waals surface area contributed by atoms with Gasteiger partial charge in [-0.05, 0) is 6.92 Å². The molecule has 0 aromatic heterocycles. The Kier molecular flexibility index (Phi) is 3.67. The molecule has 0 N–H and O–H groups in total. The van der Waals surface area contributed by atoms with E-state index in [1.807, 2.05) is 0 Å². The zero-order valence-electron chi connectivity index (χ0n) is 5.59. The van der Waals surface area contributed by atoms with Crippen molar-refractivity contribution in [1.82, 2.24) is 0 Å². The molecular weight excluding hydrogens is 120 g/mol. The molecular formula is C6H10O3. The third kappa shape index (κ3) is 3.70. The highest BCUT2D eigenvalue weighted by molar-refractivity contribution is 5.78. The van der Waals surface area contributed by atoms with Crippen LogP contribution in [0.4, 0.5) is 0 Å². The van der Waals surface area contributed by atoms with Gasteiger partial charge < -0.3 is 4.74 Å². The monoisotopic (exact) mass is 130 g/mol. The number of Topliss-reactive ketones (excluding diaryl/α,β-unsaturated/α-hetero) is 1. The van der Waals surface area contributed by atoms with Gasteiger partial charge in [-0.25, -0.2) is 0 Å².